The average molecular weight is 364 g/mol. The number of aromatic nitrogens is 4. The molecule has 25 heavy (non-hydrogen) atoms. The van der Waals surface area contributed by atoms with Gasteiger partial charge in [0.15, 0.2) is 5.82 Å². The van der Waals surface area contributed by atoms with Crippen LogP contribution in [-0.4, -0.2) is 32.5 Å². The van der Waals surface area contributed by atoms with Gasteiger partial charge in [0.2, 0.25) is 0 Å². The Kier molecular flexibility index (Phi) is 4.75. The molecule has 0 bridgehead atoms. The van der Waals surface area contributed by atoms with Gasteiger partial charge in [-0.2, -0.15) is 5.10 Å². The van der Waals surface area contributed by atoms with Gasteiger partial charge in [-0.05, 0) is 32.1 Å². The molecule has 2 aliphatic heterocycles. The summed E-state index contributed by atoms with van der Waals surface area (Å²) in [7, 11) is 0. The molecule has 2 aromatic rings. The van der Waals surface area contributed by atoms with Gasteiger partial charge in [0.25, 0.3) is 0 Å². The molecule has 0 aromatic carbocycles. The normalized spacial score (nSPS) is 26.6. The second-order valence-corrected chi connectivity index (χ2v) is 7.67. The van der Waals surface area contributed by atoms with Crippen molar-refractivity contribution >= 4 is 11.3 Å². The Morgan fingerprint density at radius 3 is 2.88 bits per heavy atom. The highest BCUT2D eigenvalue weighted by Gasteiger charge is 2.31. The Balaban J connectivity index is 1.58. The van der Waals surface area contributed by atoms with Crippen molar-refractivity contribution in [3.05, 3.63) is 32.4 Å². The summed E-state index contributed by atoms with van der Waals surface area (Å²) in [4.78, 5) is 17.4. The number of ether oxygens (including phenoxy) is 2. The van der Waals surface area contributed by atoms with E-state index in [9.17, 15) is 4.79 Å². The molecule has 2 aromatic heterocycles. The standard InChI is InChI=1S/C17H24N4O3S/c1-3-20-15(14-11(2)6-8-24-14)19-21(17(20)22)9-12-10-25-16(18-12)13-5-4-7-23-13/h10-11,13-14H,3-9H2,1-2H3/t11-,13?,14+/m1/s1. The van der Waals surface area contributed by atoms with E-state index in [1.54, 1.807) is 15.9 Å². The highest BCUT2D eigenvalue weighted by Crippen LogP contribution is 2.33. The van der Waals surface area contributed by atoms with E-state index in [4.69, 9.17) is 9.47 Å². The van der Waals surface area contributed by atoms with Crippen molar-refractivity contribution in [3.63, 3.8) is 0 Å². The molecule has 0 N–H and O–H groups in total. The lowest BCUT2D eigenvalue weighted by Crippen LogP contribution is -2.26. The first-order valence-electron chi connectivity index (χ1n) is 9.02. The van der Waals surface area contributed by atoms with E-state index in [2.05, 4.69) is 17.0 Å². The lowest BCUT2D eigenvalue weighted by atomic mass is 10.0. The number of hydrogen-bond donors (Lipinski definition) is 0. The van der Waals surface area contributed by atoms with E-state index in [1.165, 1.54) is 4.68 Å². The summed E-state index contributed by atoms with van der Waals surface area (Å²) in [5.41, 5.74) is 0.775. The van der Waals surface area contributed by atoms with Gasteiger partial charge < -0.3 is 9.47 Å². The van der Waals surface area contributed by atoms with Crippen molar-refractivity contribution < 1.29 is 9.47 Å². The fourth-order valence-corrected chi connectivity index (χ4v) is 4.45. The van der Waals surface area contributed by atoms with Crippen molar-refractivity contribution in [2.24, 2.45) is 5.92 Å². The summed E-state index contributed by atoms with van der Waals surface area (Å²) in [6.07, 6.45) is 3.15. The monoisotopic (exact) mass is 364 g/mol. The molecule has 2 fully saturated rings. The van der Waals surface area contributed by atoms with Crippen LogP contribution in [0, 0.1) is 5.92 Å². The van der Waals surface area contributed by atoms with Crippen LogP contribution < -0.4 is 5.69 Å². The molecule has 4 heterocycles. The molecule has 7 nitrogen and oxygen atoms in total. The maximum absolute atomic E-state index is 12.7. The zero-order chi connectivity index (χ0) is 17.4. The molecule has 0 radical (unpaired) electrons. The van der Waals surface area contributed by atoms with Gasteiger partial charge in [-0.25, -0.2) is 14.5 Å². The summed E-state index contributed by atoms with van der Waals surface area (Å²) >= 11 is 1.60. The molecule has 2 aliphatic rings. The summed E-state index contributed by atoms with van der Waals surface area (Å²) < 4.78 is 14.7. The van der Waals surface area contributed by atoms with Crippen LogP contribution >= 0.6 is 11.3 Å². The zero-order valence-corrected chi connectivity index (χ0v) is 15.5. The van der Waals surface area contributed by atoms with Gasteiger partial charge in [-0.15, -0.1) is 11.3 Å². The predicted molar refractivity (Wildman–Crippen MR) is 93.8 cm³/mol. The molecule has 2 saturated heterocycles. The maximum Gasteiger partial charge on any atom is 0.346 e. The third-order valence-electron chi connectivity index (χ3n) is 5.00. The quantitative estimate of drug-likeness (QED) is 0.815. The van der Waals surface area contributed by atoms with Gasteiger partial charge in [0.05, 0.1) is 12.2 Å². The molecule has 1 unspecified atom stereocenters. The second-order valence-electron chi connectivity index (χ2n) is 6.78. The van der Waals surface area contributed by atoms with E-state index in [-0.39, 0.29) is 17.9 Å². The molecule has 136 valence electrons. The van der Waals surface area contributed by atoms with Crippen molar-refractivity contribution in [2.75, 3.05) is 13.2 Å². The topological polar surface area (TPSA) is 71.2 Å². The Labute approximate surface area is 150 Å². The maximum atomic E-state index is 12.7. The largest absolute Gasteiger partial charge is 0.371 e. The van der Waals surface area contributed by atoms with E-state index in [1.807, 2.05) is 12.3 Å². The van der Waals surface area contributed by atoms with E-state index in [0.29, 0.717) is 19.0 Å². The van der Waals surface area contributed by atoms with Crippen LogP contribution in [0.25, 0.3) is 0 Å². The number of rotatable bonds is 5. The van der Waals surface area contributed by atoms with Crippen LogP contribution in [0.2, 0.25) is 0 Å². The first-order chi connectivity index (χ1) is 12.2. The summed E-state index contributed by atoms with van der Waals surface area (Å²) in [6.45, 7) is 6.64. The predicted octanol–water partition coefficient (Wildman–Crippen LogP) is 2.52. The minimum Gasteiger partial charge on any atom is -0.371 e. The van der Waals surface area contributed by atoms with Crippen LogP contribution in [0.1, 0.15) is 61.8 Å². The van der Waals surface area contributed by atoms with Crippen molar-refractivity contribution in [1.29, 1.82) is 0 Å². The van der Waals surface area contributed by atoms with Crippen LogP contribution in [0.5, 0.6) is 0 Å². The Bertz CT molecular complexity index is 790. The molecule has 0 saturated carbocycles. The van der Waals surface area contributed by atoms with Crippen molar-refractivity contribution in [3.8, 4) is 0 Å². The highest BCUT2D eigenvalue weighted by molar-refractivity contribution is 7.09. The smallest absolute Gasteiger partial charge is 0.346 e. The summed E-state index contributed by atoms with van der Waals surface area (Å²) in [5, 5.41) is 7.60. The molecule has 0 spiro atoms. The molecule has 8 heteroatoms. The summed E-state index contributed by atoms with van der Waals surface area (Å²) in [6, 6.07) is 0. The van der Waals surface area contributed by atoms with Gasteiger partial charge >= 0.3 is 5.69 Å². The van der Waals surface area contributed by atoms with Crippen LogP contribution in [-0.2, 0) is 22.6 Å². The van der Waals surface area contributed by atoms with Gasteiger partial charge in [-0.3, -0.25) is 4.57 Å². The number of nitrogens with zero attached hydrogens (tertiary/aromatic N) is 4. The Morgan fingerprint density at radius 1 is 1.32 bits per heavy atom. The fourth-order valence-electron chi connectivity index (χ4n) is 3.56. The molecule has 0 aliphatic carbocycles. The first-order valence-corrected chi connectivity index (χ1v) is 9.90. The van der Waals surface area contributed by atoms with Gasteiger partial charge in [0.1, 0.15) is 17.2 Å². The molecule has 3 atom stereocenters. The minimum atomic E-state index is -0.0909. The van der Waals surface area contributed by atoms with E-state index in [0.717, 1.165) is 49.0 Å². The van der Waals surface area contributed by atoms with Crippen LogP contribution in [0.4, 0.5) is 0 Å². The molecular weight excluding hydrogens is 340 g/mol. The first kappa shape index (κ1) is 16.9. The molecule has 4 rings (SSSR count). The zero-order valence-electron chi connectivity index (χ0n) is 14.7. The fraction of sp³-hybridized carbons (Fsp3) is 0.706. The summed E-state index contributed by atoms with van der Waals surface area (Å²) in [5.74, 6) is 1.12. The van der Waals surface area contributed by atoms with Crippen molar-refractivity contribution in [1.82, 2.24) is 19.3 Å². The minimum absolute atomic E-state index is 0.0909. The lowest BCUT2D eigenvalue weighted by Gasteiger charge is -2.13. The van der Waals surface area contributed by atoms with E-state index < -0.39 is 0 Å². The SMILES string of the molecule is CCn1c([C@H]2OCC[C@H]2C)nn(Cc2csc(C3CCCO3)n2)c1=O. The number of thiazole rings is 1. The van der Waals surface area contributed by atoms with E-state index >= 15 is 0 Å². The lowest BCUT2D eigenvalue weighted by molar-refractivity contribution is 0.0836. The second kappa shape index (κ2) is 7.01. The Morgan fingerprint density at radius 2 is 2.20 bits per heavy atom. The Hall–Kier alpha value is -1.51. The molecule has 0 amide bonds. The molecular formula is C17H24N4O3S. The number of hydrogen-bond acceptors (Lipinski definition) is 6. The van der Waals surface area contributed by atoms with Crippen LogP contribution in [0.3, 0.4) is 0 Å². The van der Waals surface area contributed by atoms with Crippen molar-refractivity contribution in [2.45, 2.75) is 58.4 Å². The third kappa shape index (κ3) is 3.18. The van der Waals surface area contributed by atoms with Gasteiger partial charge in [-0.1, -0.05) is 6.92 Å². The van der Waals surface area contributed by atoms with Gasteiger partial charge in [0, 0.05) is 25.1 Å². The van der Waals surface area contributed by atoms with Crippen LogP contribution in [0.15, 0.2) is 10.2 Å². The third-order valence-corrected chi connectivity index (χ3v) is 5.98. The average Bonchev–Trinajstić information content (AvgIpc) is 3.36. The highest BCUT2D eigenvalue weighted by atomic mass is 32.1.